The molecule has 0 aliphatic rings. The molecule has 0 spiro atoms. The van der Waals surface area contributed by atoms with E-state index in [1.54, 1.807) is 0 Å². The molecule has 0 saturated carbocycles. The second-order valence-corrected chi connectivity index (χ2v) is 7.10. The van der Waals surface area contributed by atoms with E-state index in [0.29, 0.717) is 0 Å². The minimum absolute atomic E-state index is 0.166. The minimum atomic E-state index is 0.166. The highest BCUT2D eigenvalue weighted by molar-refractivity contribution is 5.35. The predicted molar refractivity (Wildman–Crippen MR) is 90.0 cm³/mol. The van der Waals surface area contributed by atoms with Crippen LogP contribution in [0.3, 0.4) is 0 Å². The van der Waals surface area contributed by atoms with Crippen LogP contribution in [0.4, 0.5) is 0 Å². The molecule has 2 N–H and O–H groups in total. The third kappa shape index (κ3) is 4.94. The van der Waals surface area contributed by atoms with E-state index in [9.17, 15) is 0 Å². The van der Waals surface area contributed by atoms with E-state index in [1.165, 1.54) is 36.8 Å². The SMILES string of the molecule is CCCCC(CC)CC(N)c1ccccc1C(C)(C)C. The molecule has 0 radical (unpaired) electrons. The van der Waals surface area contributed by atoms with Gasteiger partial charge in [-0.3, -0.25) is 0 Å². The van der Waals surface area contributed by atoms with Crippen molar-refractivity contribution in [3.63, 3.8) is 0 Å². The Morgan fingerprint density at radius 1 is 1.10 bits per heavy atom. The first kappa shape index (κ1) is 17.2. The van der Waals surface area contributed by atoms with Gasteiger partial charge < -0.3 is 5.73 Å². The molecule has 0 saturated heterocycles. The molecule has 2 atom stereocenters. The molecule has 1 rings (SSSR count). The molecular weight excluding hydrogens is 242 g/mol. The lowest BCUT2D eigenvalue weighted by molar-refractivity contribution is 0.385. The van der Waals surface area contributed by atoms with Gasteiger partial charge in [-0.05, 0) is 28.9 Å². The van der Waals surface area contributed by atoms with Gasteiger partial charge in [0, 0.05) is 6.04 Å². The van der Waals surface area contributed by atoms with Gasteiger partial charge in [-0.25, -0.2) is 0 Å². The van der Waals surface area contributed by atoms with Crippen LogP contribution in [0.5, 0.6) is 0 Å². The van der Waals surface area contributed by atoms with Gasteiger partial charge in [-0.1, -0.05) is 84.6 Å². The topological polar surface area (TPSA) is 26.0 Å². The van der Waals surface area contributed by atoms with Gasteiger partial charge >= 0.3 is 0 Å². The maximum absolute atomic E-state index is 6.54. The molecule has 0 aromatic heterocycles. The molecule has 0 aliphatic heterocycles. The van der Waals surface area contributed by atoms with E-state index < -0.39 is 0 Å². The normalized spacial score (nSPS) is 15.1. The van der Waals surface area contributed by atoms with E-state index in [2.05, 4.69) is 58.9 Å². The number of rotatable bonds is 7. The zero-order chi connectivity index (χ0) is 15.2. The third-order valence-electron chi connectivity index (χ3n) is 4.30. The number of hydrogen-bond donors (Lipinski definition) is 1. The van der Waals surface area contributed by atoms with E-state index in [4.69, 9.17) is 5.73 Å². The molecule has 1 heteroatoms. The summed E-state index contributed by atoms with van der Waals surface area (Å²) in [6.45, 7) is 11.4. The van der Waals surface area contributed by atoms with Crippen molar-refractivity contribution >= 4 is 0 Å². The standard InChI is InChI=1S/C19H33N/c1-6-8-11-15(7-2)14-18(20)16-12-9-10-13-17(16)19(3,4)5/h9-10,12-13,15,18H,6-8,11,14,20H2,1-5H3. The third-order valence-corrected chi connectivity index (χ3v) is 4.30. The highest BCUT2D eigenvalue weighted by Crippen LogP contribution is 2.32. The van der Waals surface area contributed by atoms with Gasteiger partial charge in [0.05, 0.1) is 0 Å². The lowest BCUT2D eigenvalue weighted by Crippen LogP contribution is -2.21. The number of hydrogen-bond acceptors (Lipinski definition) is 1. The summed E-state index contributed by atoms with van der Waals surface area (Å²) in [6.07, 6.45) is 6.28. The first-order valence-corrected chi connectivity index (χ1v) is 8.25. The summed E-state index contributed by atoms with van der Waals surface area (Å²) >= 11 is 0. The van der Waals surface area contributed by atoms with E-state index in [1.807, 2.05) is 0 Å². The van der Waals surface area contributed by atoms with Crippen molar-refractivity contribution < 1.29 is 0 Å². The average molecular weight is 275 g/mol. The zero-order valence-electron chi connectivity index (χ0n) is 14.1. The Hall–Kier alpha value is -0.820. The molecule has 114 valence electrons. The van der Waals surface area contributed by atoms with Crippen molar-refractivity contribution in [1.29, 1.82) is 0 Å². The van der Waals surface area contributed by atoms with Crippen LogP contribution < -0.4 is 5.73 Å². The van der Waals surface area contributed by atoms with Gasteiger partial charge in [0.1, 0.15) is 0 Å². The quantitative estimate of drug-likeness (QED) is 0.689. The van der Waals surface area contributed by atoms with Gasteiger partial charge in [0.15, 0.2) is 0 Å². The van der Waals surface area contributed by atoms with Crippen LogP contribution in [0.2, 0.25) is 0 Å². The summed E-state index contributed by atoms with van der Waals surface area (Å²) < 4.78 is 0. The van der Waals surface area contributed by atoms with Crippen molar-refractivity contribution in [2.45, 2.75) is 78.2 Å². The fourth-order valence-corrected chi connectivity index (χ4v) is 2.97. The highest BCUT2D eigenvalue weighted by Gasteiger charge is 2.22. The first-order valence-electron chi connectivity index (χ1n) is 8.25. The largest absolute Gasteiger partial charge is 0.324 e. The monoisotopic (exact) mass is 275 g/mol. The second-order valence-electron chi connectivity index (χ2n) is 7.10. The average Bonchev–Trinajstić information content (AvgIpc) is 2.42. The molecule has 20 heavy (non-hydrogen) atoms. The van der Waals surface area contributed by atoms with Crippen LogP contribution in [0, 0.1) is 5.92 Å². The van der Waals surface area contributed by atoms with Crippen molar-refractivity contribution in [2.75, 3.05) is 0 Å². The number of unbranched alkanes of at least 4 members (excludes halogenated alkanes) is 1. The molecular formula is C19H33N. The van der Waals surface area contributed by atoms with Crippen LogP contribution in [-0.4, -0.2) is 0 Å². The van der Waals surface area contributed by atoms with Crippen molar-refractivity contribution in [1.82, 2.24) is 0 Å². The lowest BCUT2D eigenvalue weighted by Gasteiger charge is -2.27. The van der Waals surface area contributed by atoms with Gasteiger partial charge in [0.2, 0.25) is 0 Å². The molecule has 1 aromatic carbocycles. The summed E-state index contributed by atoms with van der Waals surface area (Å²) in [5, 5.41) is 0. The van der Waals surface area contributed by atoms with Crippen LogP contribution in [-0.2, 0) is 5.41 Å². The molecule has 0 heterocycles. The van der Waals surface area contributed by atoms with Crippen molar-refractivity contribution in [3.8, 4) is 0 Å². The Labute approximate surface area is 126 Å². The van der Waals surface area contributed by atoms with Crippen molar-refractivity contribution in [2.24, 2.45) is 11.7 Å². The fraction of sp³-hybridized carbons (Fsp3) is 0.684. The minimum Gasteiger partial charge on any atom is -0.324 e. The molecule has 0 fully saturated rings. The van der Waals surface area contributed by atoms with Crippen LogP contribution >= 0.6 is 0 Å². The first-order chi connectivity index (χ1) is 9.40. The highest BCUT2D eigenvalue weighted by atomic mass is 14.6. The summed E-state index contributed by atoms with van der Waals surface area (Å²) in [5.74, 6) is 0.762. The van der Waals surface area contributed by atoms with E-state index in [0.717, 1.165) is 12.3 Å². The summed E-state index contributed by atoms with van der Waals surface area (Å²) in [5.41, 5.74) is 9.45. The van der Waals surface area contributed by atoms with E-state index >= 15 is 0 Å². The van der Waals surface area contributed by atoms with Crippen LogP contribution in [0.25, 0.3) is 0 Å². The Morgan fingerprint density at radius 2 is 1.75 bits per heavy atom. The predicted octanol–water partition coefficient (Wildman–Crippen LogP) is 5.59. The molecule has 0 aliphatic carbocycles. The smallest absolute Gasteiger partial charge is 0.0300 e. The molecule has 0 bridgehead atoms. The van der Waals surface area contributed by atoms with Gasteiger partial charge in [-0.2, -0.15) is 0 Å². The molecule has 1 nitrogen and oxygen atoms in total. The van der Waals surface area contributed by atoms with Crippen molar-refractivity contribution in [3.05, 3.63) is 35.4 Å². The number of nitrogens with two attached hydrogens (primary N) is 1. The molecule has 1 aromatic rings. The Balaban J connectivity index is 2.84. The van der Waals surface area contributed by atoms with Gasteiger partial charge in [-0.15, -0.1) is 0 Å². The van der Waals surface area contributed by atoms with Crippen LogP contribution in [0.15, 0.2) is 24.3 Å². The number of benzene rings is 1. The maximum Gasteiger partial charge on any atom is 0.0300 e. The Bertz CT molecular complexity index is 389. The summed E-state index contributed by atoms with van der Waals surface area (Å²) in [6, 6.07) is 8.88. The molecule has 0 amide bonds. The maximum atomic E-state index is 6.54. The summed E-state index contributed by atoms with van der Waals surface area (Å²) in [7, 11) is 0. The fourth-order valence-electron chi connectivity index (χ4n) is 2.97. The zero-order valence-corrected chi connectivity index (χ0v) is 14.1. The Morgan fingerprint density at radius 3 is 2.30 bits per heavy atom. The van der Waals surface area contributed by atoms with E-state index in [-0.39, 0.29) is 11.5 Å². The molecule has 2 unspecified atom stereocenters. The second kappa shape index (κ2) is 7.83. The summed E-state index contributed by atoms with van der Waals surface area (Å²) in [4.78, 5) is 0. The lowest BCUT2D eigenvalue weighted by atomic mass is 9.80. The van der Waals surface area contributed by atoms with Gasteiger partial charge in [0.25, 0.3) is 0 Å². The Kier molecular flexibility index (Phi) is 6.75. The van der Waals surface area contributed by atoms with Crippen LogP contribution in [0.1, 0.15) is 83.9 Å².